The zero-order chi connectivity index (χ0) is 13.3. The van der Waals surface area contributed by atoms with Crippen LogP contribution in [0.3, 0.4) is 0 Å². The molecule has 0 spiro atoms. The third-order valence-corrected chi connectivity index (χ3v) is 3.73. The molecule has 6 nitrogen and oxygen atoms in total. The topological polar surface area (TPSA) is 95.6 Å². The quantitative estimate of drug-likeness (QED) is 0.842. The second kappa shape index (κ2) is 4.62. The first-order chi connectivity index (χ1) is 9.15. The molecule has 2 aromatic rings. The summed E-state index contributed by atoms with van der Waals surface area (Å²) in [6, 6.07) is 3.81. The number of pyridine rings is 1. The summed E-state index contributed by atoms with van der Waals surface area (Å²) in [5.41, 5.74) is 13.9. The Morgan fingerprint density at radius 2 is 2.21 bits per heavy atom. The van der Waals surface area contributed by atoms with Crippen molar-refractivity contribution in [2.24, 2.45) is 5.73 Å². The van der Waals surface area contributed by atoms with Crippen LogP contribution in [0.2, 0.25) is 0 Å². The molecule has 0 amide bonds. The monoisotopic (exact) mass is 258 g/mol. The highest BCUT2D eigenvalue weighted by molar-refractivity contribution is 5.38. The molecule has 0 atom stereocenters. The summed E-state index contributed by atoms with van der Waals surface area (Å²) < 4.78 is 1.78. The van der Waals surface area contributed by atoms with Crippen molar-refractivity contribution in [3.8, 4) is 0 Å². The highest BCUT2D eigenvalue weighted by atomic mass is 15.4. The molecule has 2 aromatic heterocycles. The molecule has 2 heterocycles. The number of hydrogen-bond acceptors (Lipinski definition) is 5. The number of hydrogen-bond donors (Lipinski definition) is 2. The van der Waals surface area contributed by atoms with Crippen molar-refractivity contribution in [1.82, 2.24) is 20.0 Å². The molecule has 3 rings (SSSR count). The Morgan fingerprint density at radius 3 is 2.89 bits per heavy atom. The molecular formula is C13H18N6. The van der Waals surface area contributed by atoms with Gasteiger partial charge in [-0.25, -0.2) is 9.67 Å². The highest BCUT2D eigenvalue weighted by Crippen LogP contribution is 2.31. The number of nitrogen functional groups attached to an aromatic ring is 1. The van der Waals surface area contributed by atoms with Crippen LogP contribution < -0.4 is 11.5 Å². The van der Waals surface area contributed by atoms with Crippen LogP contribution in [0.15, 0.2) is 24.5 Å². The van der Waals surface area contributed by atoms with Crippen LogP contribution in [0.5, 0.6) is 0 Å². The van der Waals surface area contributed by atoms with E-state index in [2.05, 4.69) is 15.3 Å². The van der Waals surface area contributed by atoms with E-state index in [-0.39, 0.29) is 5.54 Å². The zero-order valence-electron chi connectivity index (χ0n) is 10.8. The first-order valence-electron chi connectivity index (χ1n) is 6.52. The molecule has 0 radical (unpaired) electrons. The fourth-order valence-corrected chi connectivity index (χ4v) is 2.42. The fourth-order valence-electron chi connectivity index (χ4n) is 2.42. The normalized spacial score (nSPS) is 17.1. The summed E-state index contributed by atoms with van der Waals surface area (Å²) in [6.07, 6.45) is 7.80. The molecule has 1 aliphatic rings. The van der Waals surface area contributed by atoms with E-state index in [9.17, 15) is 0 Å². The second-order valence-corrected chi connectivity index (χ2v) is 5.35. The molecule has 6 heteroatoms. The standard InChI is InChI=1S/C13H18N6/c14-12-10(3-1-6-16-12)8-19-9-11(17-18-19)7-13(15)4-2-5-13/h1,3,6,9H,2,4-5,7-8,15H2,(H2,14,16). The van der Waals surface area contributed by atoms with Crippen LogP contribution in [-0.4, -0.2) is 25.5 Å². The summed E-state index contributed by atoms with van der Waals surface area (Å²) in [5.74, 6) is 0.536. The summed E-state index contributed by atoms with van der Waals surface area (Å²) in [5, 5.41) is 8.30. The van der Waals surface area contributed by atoms with Gasteiger partial charge in [0.2, 0.25) is 0 Å². The van der Waals surface area contributed by atoms with E-state index < -0.39 is 0 Å². The smallest absolute Gasteiger partial charge is 0.128 e. The predicted octanol–water partition coefficient (Wildman–Crippen LogP) is 0.727. The van der Waals surface area contributed by atoms with Crippen LogP contribution in [0.4, 0.5) is 5.82 Å². The van der Waals surface area contributed by atoms with Crippen molar-refractivity contribution in [1.29, 1.82) is 0 Å². The van der Waals surface area contributed by atoms with Gasteiger partial charge >= 0.3 is 0 Å². The molecule has 0 unspecified atom stereocenters. The van der Waals surface area contributed by atoms with Gasteiger partial charge in [-0.2, -0.15) is 0 Å². The largest absolute Gasteiger partial charge is 0.383 e. The second-order valence-electron chi connectivity index (χ2n) is 5.35. The molecule has 0 aliphatic heterocycles. The molecule has 0 saturated heterocycles. The van der Waals surface area contributed by atoms with Gasteiger partial charge in [0, 0.05) is 29.9 Å². The third kappa shape index (κ3) is 2.58. The van der Waals surface area contributed by atoms with Gasteiger partial charge in [-0.05, 0) is 25.3 Å². The zero-order valence-corrected chi connectivity index (χ0v) is 10.8. The summed E-state index contributed by atoms with van der Waals surface area (Å²) in [4.78, 5) is 4.06. The van der Waals surface area contributed by atoms with Gasteiger partial charge in [0.25, 0.3) is 0 Å². The maximum atomic E-state index is 6.21. The molecule has 4 N–H and O–H groups in total. The summed E-state index contributed by atoms with van der Waals surface area (Å²) in [6.45, 7) is 0.588. The number of rotatable bonds is 4. The minimum Gasteiger partial charge on any atom is -0.383 e. The van der Waals surface area contributed by atoms with Gasteiger partial charge < -0.3 is 11.5 Å². The molecule has 0 bridgehead atoms. The molecule has 1 fully saturated rings. The molecule has 100 valence electrons. The van der Waals surface area contributed by atoms with E-state index in [1.807, 2.05) is 18.3 Å². The first kappa shape index (κ1) is 12.1. The number of nitrogens with two attached hydrogens (primary N) is 2. The SMILES string of the molecule is Nc1ncccc1Cn1cc(CC2(N)CCC2)nn1. The van der Waals surface area contributed by atoms with Gasteiger partial charge in [0.05, 0.1) is 12.2 Å². The lowest BCUT2D eigenvalue weighted by Gasteiger charge is -2.37. The van der Waals surface area contributed by atoms with E-state index in [4.69, 9.17) is 11.5 Å². The van der Waals surface area contributed by atoms with Crippen LogP contribution in [0, 0.1) is 0 Å². The first-order valence-corrected chi connectivity index (χ1v) is 6.52. The van der Waals surface area contributed by atoms with Gasteiger partial charge in [-0.1, -0.05) is 11.3 Å². The van der Waals surface area contributed by atoms with E-state index in [1.165, 1.54) is 6.42 Å². The molecule has 0 aromatic carbocycles. The number of nitrogens with zero attached hydrogens (tertiary/aromatic N) is 4. The van der Waals surface area contributed by atoms with Crippen molar-refractivity contribution in [3.05, 3.63) is 35.8 Å². The minimum absolute atomic E-state index is 0.0613. The van der Waals surface area contributed by atoms with Crippen molar-refractivity contribution in [2.45, 2.75) is 37.8 Å². The average molecular weight is 258 g/mol. The Kier molecular flexibility index (Phi) is 2.94. The lowest BCUT2D eigenvalue weighted by Crippen LogP contribution is -2.48. The highest BCUT2D eigenvalue weighted by Gasteiger charge is 2.33. The lowest BCUT2D eigenvalue weighted by atomic mass is 9.75. The van der Waals surface area contributed by atoms with Crippen molar-refractivity contribution >= 4 is 5.82 Å². The Morgan fingerprint density at radius 1 is 1.37 bits per heavy atom. The number of aromatic nitrogens is 4. The third-order valence-electron chi connectivity index (χ3n) is 3.73. The Labute approximate surface area is 111 Å². The van der Waals surface area contributed by atoms with Crippen LogP contribution in [0.25, 0.3) is 0 Å². The van der Waals surface area contributed by atoms with Crippen molar-refractivity contribution < 1.29 is 0 Å². The Hall–Kier alpha value is -1.95. The van der Waals surface area contributed by atoms with E-state index in [1.54, 1.807) is 10.9 Å². The van der Waals surface area contributed by atoms with Gasteiger partial charge in [0.15, 0.2) is 0 Å². The van der Waals surface area contributed by atoms with Crippen LogP contribution in [-0.2, 0) is 13.0 Å². The average Bonchev–Trinajstić information content (AvgIpc) is 2.78. The molecule has 19 heavy (non-hydrogen) atoms. The maximum Gasteiger partial charge on any atom is 0.128 e. The van der Waals surface area contributed by atoms with E-state index in [0.29, 0.717) is 12.4 Å². The Balaban J connectivity index is 1.70. The van der Waals surface area contributed by atoms with Gasteiger partial charge in [-0.3, -0.25) is 0 Å². The maximum absolute atomic E-state index is 6.21. The molecule has 1 aliphatic carbocycles. The summed E-state index contributed by atoms with van der Waals surface area (Å²) >= 11 is 0. The molecular weight excluding hydrogens is 240 g/mol. The lowest BCUT2D eigenvalue weighted by molar-refractivity contribution is 0.245. The van der Waals surface area contributed by atoms with Crippen molar-refractivity contribution in [2.75, 3.05) is 5.73 Å². The fraction of sp³-hybridized carbons (Fsp3) is 0.462. The van der Waals surface area contributed by atoms with Crippen molar-refractivity contribution in [3.63, 3.8) is 0 Å². The van der Waals surface area contributed by atoms with Crippen LogP contribution in [0.1, 0.15) is 30.5 Å². The number of anilines is 1. The van der Waals surface area contributed by atoms with E-state index in [0.717, 1.165) is 30.5 Å². The van der Waals surface area contributed by atoms with Crippen LogP contribution >= 0.6 is 0 Å². The predicted molar refractivity (Wildman–Crippen MR) is 72.2 cm³/mol. The summed E-state index contributed by atoms with van der Waals surface area (Å²) in [7, 11) is 0. The minimum atomic E-state index is -0.0613. The van der Waals surface area contributed by atoms with Gasteiger partial charge in [-0.15, -0.1) is 5.10 Å². The Bertz CT molecular complexity index is 572. The molecule has 1 saturated carbocycles. The van der Waals surface area contributed by atoms with Gasteiger partial charge in [0.1, 0.15) is 5.82 Å². The van der Waals surface area contributed by atoms with E-state index >= 15 is 0 Å².